The third-order valence-corrected chi connectivity index (χ3v) is 3.88. The summed E-state index contributed by atoms with van der Waals surface area (Å²) in [4.78, 5) is 11.9. The van der Waals surface area contributed by atoms with Gasteiger partial charge in [0.05, 0.1) is 6.54 Å². The van der Waals surface area contributed by atoms with Crippen LogP contribution in [0, 0.1) is 5.92 Å². The standard InChI is InChI=1S/C12H18N2O2S.C4H10/c1-4-10(2)5-6-11(3)17(16)14-8-7-13-12(15)9-14;1-4(2)3/h4-6H,1,7-9H2,2-3H3,(H,13,15);4H,1-3H3/b10-5-,11-6+;. The van der Waals surface area contributed by atoms with E-state index in [2.05, 4.69) is 32.7 Å². The highest BCUT2D eigenvalue weighted by Crippen LogP contribution is 2.09. The summed E-state index contributed by atoms with van der Waals surface area (Å²) in [5.74, 6) is 0.759. The molecule has 1 fully saturated rings. The maximum Gasteiger partial charge on any atom is 0.235 e. The van der Waals surface area contributed by atoms with Gasteiger partial charge in [-0.25, -0.2) is 8.51 Å². The molecule has 4 nitrogen and oxygen atoms in total. The van der Waals surface area contributed by atoms with Gasteiger partial charge in [-0.2, -0.15) is 0 Å². The van der Waals surface area contributed by atoms with Gasteiger partial charge in [-0.05, 0) is 25.8 Å². The Kier molecular flexibility index (Phi) is 9.91. The van der Waals surface area contributed by atoms with Crippen LogP contribution < -0.4 is 5.32 Å². The highest BCUT2D eigenvalue weighted by molar-refractivity contribution is 7.86. The molecule has 1 saturated heterocycles. The van der Waals surface area contributed by atoms with Crippen LogP contribution in [0.5, 0.6) is 0 Å². The zero-order valence-corrected chi connectivity index (χ0v) is 14.6. The lowest BCUT2D eigenvalue weighted by Gasteiger charge is -2.25. The van der Waals surface area contributed by atoms with E-state index in [4.69, 9.17) is 0 Å². The van der Waals surface area contributed by atoms with Crippen molar-refractivity contribution in [1.29, 1.82) is 0 Å². The molecule has 1 heterocycles. The first-order valence-electron chi connectivity index (χ1n) is 7.19. The van der Waals surface area contributed by atoms with Crippen molar-refractivity contribution in [3.63, 3.8) is 0 Å². The molecule has 1 rings (SSSR count). The molecule has 0 aromatic rings. The second-order valence-electron chi connectivity index (χ2n) is 5.59. The van der Waals surface area contributed by atoms with Crippen LogP contribution in [0.2, 0.25) is 0 Å². The Morgan fingerprint density at radius 1 is 1.33 bits per heavy atom. The van der Waals surface area contributed by atoms with Crippen molar-refractivity contribution in [2.24, 2.45) is 5.92 Å². The van der Waals surface area contributed by atoms with Crippen molar-refractivity contribution >= 4 is 16.9 Å². The zero-order valence-electron chi connectivity index (χ0n) is 13.8. The third-order valence-electron chi connectivity index (χ3n) is 2.42. The van der Waals surface area contributed by atoms with Gasteiger partial charge in [-0.1, -0.05) is 45.1 Å². The molecule has 1 aliphatic rings. The van der Waals surface area contributed by atoms with E-state index in [-0.39, 0.29) is 12.5 Å². The van der Waals surface area contributed by atoms with Crippen molar-refractivity contribution < 1.29 is 9.00 Å². The number of carbonyl (C=O) groups is 1. The Morgan fingerprint density at radius 3 is 2.38 bits per heavy atom. The van der Waals surface area contributed by atoms with E-state index < -0.39 is 11.0 Å². The SMILES string of the molecule is C=C/C(C)=C\C=C(/C)S(=O)N1CCNC(=O)C1.CC(C)C. The topological polar surface area (TPSA) is 49.4 Å². The molecule has 0 aromatic carbocycles. The molecule has 0 bridgehead atoms. The van der Waals surface area contributed by atoms with E-state index in [9.17, 15) is 9.00 Å². The number of allylic oxidation sites excluding steroid dienone is 5. The number of hydrogen-bond acceptors (Lipinski definition) is 2. The summed E-state index contributed by atoms with van der Waals surface area (Å²) in [6, 6.07) is 0. The zero-order chi connectivity index (χ0) is 16.4. The first-order chi connectivity index (χ1) is 9.77. The summed E-state index contributed by atoms with van der Waals surface area (Å²) < 4.78 is 13.7. The van der Waals surface area contributed by atoms with Gasteiger partial charge >= 0.3 is 0 Å². The Morgan fingerprint density at radius 2 is 1.90 bits per heavy atom. The van der Waals surface area contributed by atoms with Gasteiger partial charge in [-0.3, -0.25) is 4.79 Å². The summed E-state index contributed by atoms with van der Waals surface area (Å²) in [6.45, 7) is 15.2. The normalized spacial score (nSPS) is 18.7. The predicted octanol–water partition coefficient (Wildman–Crippen LogP) is 2.78. The molecule has 0 aromatic heterocycles. The number of amides is 1. The lowest BCUT2D eigenvalue weighted by atomic mass is 10.3. The number of nitrogens with one attached hydrogen (secondary N) is 1. The second kappa shape index (κ2) is 10.5. The lowest BCUT2D eigenvalue weighted by Crippen LogP contribution is -2.48. The van der Waals surface area contributed by atoms with Gasteiger partial charge in [0.2, 0.25) is 5.91 Å². The Bertz CT molecular complexity index is 437. The molecular weight excluding hydrogens is 284 g/mol. The first-order valence-corrected chi connectivity index (χ1v) is 8.29. The summed E-state index contributed by atoms with van der Waals surface area (Å²) in [6.07, 6.45) is 5.41. The molecular formula is C16H28N2O2S. The van der Waals surface area contributed by atoms with Gasteiger partial charge in [0.15, 0.2) is 0 Å². The molecule has 1 aliphatic heterocycles. The van der Waals surface area contributed by atoms with Crippen molar-refractivity contribution in [2.75, 3.05) is 19.6 Å². The number of rotatable bonds is 4. The summed E-state index contributed by atoms with van der Waals surface area (Å²) >= 11 is 0. The van der Waals surface area contributed by atoms with Gasteiger partial charge < -0.3 is 5.32 Å². The van der Waals surface area contributed by atoms with Crippen molar-refractivity contribution in [1.82, 2.24) is 9.62 Å². The van der Waals surface area contributed by atoms with Crippen molar-refractivity contribution in [2.45, 2.75) is 34.6 Å². The monoisotopic (exact) mass is 312 g/mol. The van der Waals surface area contributed by atoms with E-state index in [0.29, 0.717) is 13.1 Å². The van der Waals surface area contributed by atoms with Crippen LogP contribution in [0.1, 0.15) is 34.6 Å². The fraction of sp³-hybridized carbons (Fsp3) is 0.562. The minimum Gasteiger partial charge on any atom is -0.354 e. The third kappa shape index (κ3) is 9.37. The van der Waals surface area contributed by atoms with Gasteiger partial charge in [0.25, 0.3) is 0 Å². The van der Waals surface area contributed by atoms with Crippen LogP contribution in [0.4, 0.5) is 0 Å². The Labute approximate surface area is 131 Å². The smallest absolute Gasteiger partial charge is 0.235 e. The molecule has 1 atom stereocenters. The van der Waals surface area contributed by atoms with E-state index >= 15 is 0 Å². The Hall–Kier alpha value is -1.20. The molecule has 0 radical (unpaired) electrons. The van der Waals surface area contributed by atoms with E-state index in [1.54, 1.807) is 23.4 Å². The number of piperazine rings is 1. The Balaban J connectivity index is 0.000000885. The molecule has 1 unspecified atom stereocenters. The first kappa shape index (κ1) is 19.8. The molecule has 0 aliphatic carbocycles. The highest BCUT2D eigenvalue weighted by Gasteiger charge is 2.21. The van der Waals surface area contributed by atoms with E-state index in [1.807, 2.05) is 13.0 Å². The number of hydrogen-bond donors (Lipinski definition) is 1. The van der Waals surface area contributed by atoms with Crippen LogP contribution in [0.15, 0.2) is 35.3 Å². The molecule has 1 N–H and O–H groups in total. The van der Waals surface area contributed by atoms with Crippen LogP contribution in [-0.2, 0) is 15.8 Å². The lowest BCUT2D eigenvalue weighted by molar-refractivity contribution is -0.122. The van der Waals surface area contributed by atoms with E-state index in [0.717, 1.165) is 16.4 Å². The average Bonchev–Trinajstić information content (AvgIpc) is 2.42. The average molecular weight is 312 g/mol. The maximum atomic E-state index is 12.1. The van der Waals surface area contributed by atoms with Gasteiger partial charge in [0, 0.05) is 18.0 Å². The summed E-state index contributed by atoms with van der Waals surface area (Å²) in [5.41, 5.74) is 1.01. The molecule has 0 spiro atoms. The fourth-order valence-electron chi connectivity index (χ4n) is 1.34. The minimum absolute atomic E-state index is 0.0739. The summed E-state index contributed by atoms with van der Waals surface area (Å²) in [5, 5.41) is 2.71. The molecule has 120 valence electrons. The summed E-state index contributed by atoms with van der Waals surface area (Å²) in [7, 11) is -1.24. The second-order valence-corrected chi connectivity index (χ2v) is 7.25. The molecule has 1 amide bonds. The maximum absolute atomic E-state index is 12.1. The van der Waals surface area contributed by atoms with Crippen molar-refractivity contribution in [3.05, 3.63) is 35.3 Å². The van der Waals surface area contributed by atoms with E-state index in [1.165, 1.54) is 0 Å². The van der Waals surface area contributed by atoms with Gasteiger partial charge in [-0.15, -0.1) is 0 Å². The fourth-order valence-corrected chi connectivity index (χ4v) is 2.42. The number of nitrogens with zero attached hydrogens (tertiary/aromatic N) is 1. The van der Waals surface area contributed by atoms with Crippen LogP contribution >= 0.6 is 0 Å². The van der Waals surface area contributed by atoms with Crippen LogP contribution in [0.25, 0.3) is 0 Å². The molecule has 21 heavy (non-hydrogen) atoms. The quantitative estimate of drug-likeness (QED) is 0.812. The molecule has 0 saturated carbocycles. The molecule has 5 heteroatoms. The van der Waals surface area contributed by atoms with Crippen LogP contribution in [-0.4, -0.2) is 34.1 Å². The minimum atomic E-state index is -1.24. The van der Waals surface area contributed by atoms with Gasteiger partial charge in [0.1, 0.15) is 11.0 Å². The van der Waals surface area contributed by atoms with Crippen LogP contribution in [0.3, 0.4) is 0 Å². The predicted molar refractivity (Wildman–Crippen MR) is 90.9 cm³/mol. The highest BCUT2D eigenvalue weighted by atomic mass is 32.2. The largest absolute Gasteiger partial charge is 0.354 e. The van der Waals surface area contributed by atoms with Crippen molar-refractivity contribution in [3.8, 4) is 0 Å². The number of carbonyl (C=O) groups excluding carboxylic acids is 1.